The van der Waals surface area contributed by atoms with Gasteiger partial charge in [-0.2, -0.15) is 10.2 Å². The molecule has 0 saturated heterocycles. The van der Waals surface area contributed by atoms with Crippen LogP contribution >= 0.6 is 0 Å². The molecule has 0 spiro atoms. The summed E-state index contributed by atoms with van der Waals surface area (Å²) in [5.41, 5.74) is 12.4. The number of nitrogens with zero attached hydrogens (tertiary/aromatic N) is 6. The minimum absolute atomic E-state index is 0.104. The van der Waals surface area contributed by atoms with Crippen LogP contribution in [0, 0.1) is 0 Å². The zero-order valence-corrected chi connectivity index (χ0v) is 27.6. The monoisotopic (exact) mass is 620 g/mol. The first-order valence-electron chi connectivity index (χ1n) is 16.1. The molecule has 240 valence electrons. The van der Waals surface area contributed by atoms with Gasteiger partial charge in [0.25, 0.3) is 0 Å². The average molecular weight is 621 g/mol. The number of amides is 1. The number of ether oxygens (including phenoxy) is 1. The number of benzene rings is 1. The summed E-state index contributed by atoms with van der Waals surface area (Å²) in [6.07, 6.45) is 12.8. The van der Waals surface area contributed by atoms with Gasteiger partial charge in [0.15, 0.2) is 5.82 Å². The van der Waals surface area contributed by atoms with E-state index in [9.17, 15) is 4.79 Å². The predicted octanol–water partition coefficient (Wildman–Crippen LogP) is 5.58. The second kappa shape index (κ2) is 13.7. The van der Waals surface area contributed by atoms with Crippen LogP contribution in [0.3, 0.4) is 0 Å². The molecule has 1 aromatic carbocycles. The van der Waals surface area contributed by atoms with Crippen molar-refractivity contribution in [1.29, 1.82) is 0 Å². The lowest BCUT2D eigenvalue weighted by Crippen LogP contribution is -2.30. The van der Waals surface area contributed by atoms with Gasteiger partial charge in [-0.15, -0.1) is 0 Å². The van der Waals surface area contributed by atoms with E-state index >= 15 is 0 Å². The van der Waals surface area contributed by atoms with Crippen molar-refractivity contribution in [2.45, 2.75) is 52.5 Å². The number of aliphatic imine (C=N–C) groups is 1. The van der Waals surface area contributed by atoms with Gasteiger partial charge < -0.3 is 20.3 Å². The van der Waals surface area contributed by atoms with Crippen LogP contribution in [0.2, 0.25) is 0 Å². The Morgan fingerprint density at radius 3 is 2.59 bits per heavy atom. The van der Waals surface area contributed by atoms with Gasteiger partial charge in [-0.25, -0.2) is 4.99 Å². The number of hydrogen-bond donors (Lipinski definition) is 2. The zero-order chi connectivity index (χ0) is 32.2. The van der Waals surface area contributed by atoms with Gasteiger partial charge in [0.2, 0.25) is 5.91 Å². The fourth-order valence-electron chi connectivity index (χ4n) is 6.42. The van der Waals surface area contributed by atoms with E-state index < -0.39 is 0 Å². The lowest BCUT2D eigenvalue weighted by molar-refractivity contribution is -0.122. The quantitative estimate of drug-likeness (QED) is 0.319. The second-order valence-corrected chi connectivity index (χ2v) is 12.4. The normalized spacial score (nSPS) is 16.7. The Hall–Kier alpha value is -4.70. The number of hydrogen-bond acceptors (Lipinski definition) is 7. The maximum absolute atomic E-state index is 12.2. The van der Waals surface area contributed by atoms with Gasteiger partial charge in [0.1, 0.15) is 12.4 Å². The maximum Gasteiger partial charge on any atom is 0.241 e. The van der Waals surface area contributed by atoms with Gasteiger partial charge in [0.05, 0.1) is 18.0 Å². The van der Waals surface area contributed by atoms with Crippen LogP contribution in [-0.2, 0) is 29.5 Å². The Morgan fingerprint density at radius 1 is 0.978 bits per heavy atom. The van der Waals surface area contributed by atoms with Crippen LogP contribution in [0.25, 0.3) is 22.4 Å². The number of allylic oxidation sites excluding steroid dienone is 5. The molecule has 1 aliphatic carbocycles. The number of rotatable bonds is 8. The van der Waals surface area contributed by atoms with Crippen LogP contribution in [0.5, 0.6) is 0 Å². The van der Waals surface area contributed by atoms with Crippen LogP contribution in [0.4, 0.5) is 5.82 Å². The number of carbonyl (C=O) groups is 1. The fraction of sp³-hybridized carbons (Fsp3) is 0.389. The minimum Gasteiger partial charge on any atom is -0.383 e. The third-order valence-corrected chi connectivity index (χ3v) is 8.82. The van der Waals surface area contributed by atoms with Crippen molar-refractivity contribution >= 4 is 28.7 Å². The standard InChI is InChI=1S/C36H44N8O2/c1-24-14-17-42(3)22-29(20-24)26-7-9-27(10-8-26)36-35-30(40-43(36)4)12-11-28-21-38-31(13-6-25(2)34(28)35)39-32-15-18-44(41-32)23-33(45)37-16-19-46-5/h7-10,15,18,20-22H,6,11-14,16-17,19,23H2,1-5H3,(H,37,45)(H,38,39,41). The maximum atomic E-state index is 12.2. The van der Waals surface area contributed by atoms with Crippen molar-refractivity contribution in [3.05, 3.63) is 88.5 Å². The minimum atomic E-state index is -0.104. The van der Waals surface area contributed by atoms with E-state index in [2.05, 4.69) is 89.8 Å². The molecule has 0 radical (unpaired) electrons. The van der Waals surface area contributed by atoms with E-state index in [4.69, 9.17) is 14.8 Å². The van der Waals surface area contributed by atoms with Crippen LogP contribution in [0.15, 0.2) is 76.7 Å². The molecule has 2 aromatic heterocycles. The van der Waals surface area contributed by atoms with E-state index in [0.717, 1.165) is 55.9 Å². The Kier molecular flexibility index (Phi) is 9.35. The average Bonchev–Trinajstić information content (AvgIpc) is 3.56. The lowest BCUT2D eigenvalue weighted by Gasteiger charge is -2.24. The molecule has 0 fully saturated rings. The van der Waals surface area contributed by atoms with E-state index in [0.29, 0.717) is 19.0 Å². The molecule has 10 nitrogen and oxygen atoms in total. The predicted molar refractivity (Wildman–Crippen MR) is 184 cm³/mol. The first-order valence-corrected chi connectivity index (χ1v) is 16.1. The SMILES string of the molecule is COCCNC(=O)Cn1ccc(NC2=NC=C3CCc4nn(C)c(-c5ccc(C6=CN(C)CCC(C)=C6)cc5)c4C3=C(C)CC2)n1. The summed E-state index contributed by atoms with van der Waals surface area (Å²) in [6, 6.07) is 10.8. The second-order valence-electron chi connectivity index (χ2n) is 12.4. The number of carbonyl (C=O) groups excluding carboxylic acids is 1. The Labute approximate surface area is 271 Å². The molecule has 4 heterocycles. The Balaban J connectivity index is 1.23. The van der Waals surface area contributed by atoms with Crippen molar-refractivity contribution in [1.82, 2.24) is 29.8 Å². The highest BCUT2D eigenvalue weighted by molar-refractivity contribution is 5.97. The number of aryl methyl sites for hydroxylation is 2. The number of methoxy groups -OCH3 is 1. The van der Waals surface area contributed by atoms with Gasteiger partial charge in [0, 0.05) is 76.5 Å². The summed E-state index contributed by atoms with van der Waals surface area (Å²) in [6.45, 7) is 6.60. The molecule has 1 amide bonds. The summed E-state index contributed by atoms with van der Waals surface area (Å²) in [4.78, 5) is 19.3. The number of anilines is 1. The molecule has 2 aliphatic heterocycles. The lowest BCUT2D eigenvalue weighted by atomic mass is 9.81. The van der Waals surface area contributed by atoms with Crippen molar-refractivity contribution in [2.75, 3.05) is 39.2 Å². The van der Waals surface area contributed by atoms with Crippen molar-refractivity contribution in [2.24, 2.45) is 12.0 Å². The van der Waals surface area contributed by atoms with Crippen molar-refractivity contribution in [3.8, 4) is 11.3 Å². The fourth-order valence-corrected chi connectivity index (χ4v) is 6.42. The highest BCUT2D eigenvalue weighted by Gasteiger charge is 2.29. The molecule has 0 saturated carbocycles. The molecule has 2 N–H and O–H groups in total. The van der Waals surface area contributed by atoms with Gasteiger partial charge in [-0.3, -0.25) is 14.2 Å². The Morgan fingerprint density at radius 2 is 1.78 bits per heavy atom. The van der Waals surface area contributed by atoms with Gasteiger partial charge in [-0.05, 0) is 61.8 Å². The molecule has 0 atom stereocenters. The molecule has 3 aliphatic rings. The summed E-state index contributed by atoms with van der Waals surface area (Å²) < 4.78 is 8.66. The summed E-state index contributed by atoms with van der Waals surface area (Å²) >= 11 is 0. The summed E-state index contributed by atoms with van der Waals surface area (Å²) in [5, 5.41) is 15.7. The van der Waals surface area contributed by atoms with E-state index in [1.54, 1.807) is 18.0 Å². The van der Waals surface area contributed by atoms with Crippen LogP contribution in [0.1, 0.15) is 56.4 Å². The molecule has 0 bridgehead atoms. The highest BCUT2D eigenvalue weighted by Crippen LogP contribution is 2.44. The van der Waals surface area contributed by atoms with Crippen LogP contribution in [-0.4, -0.2) is 70.1 Å². The highest BCUT2D eigenvalue weighted by atomic mass is 16.5. The topological polar surface area (TPSA) is 102 Å². The van der Waals surface area contributed by atoms with E-state index in [1.165, 1.54) is 44.6 Å². The first-order chi connectivity index (χ1) is 22.3. The molecule has 3 aromatic rings. The molecular weight excluding hydrogens is 576 g/mol. The zero-order valence-electron chi connectivity index (χ0n) is 27.6. The summed E-state index contributed by atoms with van der Waals surface area (Å²) in [7, 11) is 5.81. The third kappa shape index (κ3) is 6.92. The number of fused-ring (bicyclic) bond motifs is 3. The molecule has 6 rings (SSSR count). The van der Waals surface area contributed by atoms with E-state index in [1.807, 2.05) is 12.3 Å². The van der Waals surface area contributed by atoms with Gasteiger partial charge in [-0.1, -0.05) is 41.5 Å². The molecule has 10 heteroatoms. The Bertz CT molecular complexity index is 1770. The van der Waals surface area contributed by atoms with Crippen LogP contribution < -0.4 is 10.6 Å². The van der Waals surface area contributed by atoms with E-state index in [-0.39, 0.29) is 12.5 Å². The molecule has 46 heavy (non-hydrogen) atoms. The molecular formula is C36H44N8O2. The van der Waals surface area contributed by atoms with Crippen molar-refractivity contribution < 1.29 is 9.53 Å². The smallest absolute Gasteiger partial charge is 0.241 e. The number of nitrogens with one attached hydrogen (secondary N) is 2. The number of amidine groups is 1. The third-order valence-electron chi connectivity index (χ3n) is 8.82. The number of aromatic nitrogens is 4. The van der Waals surface area contributed by atoms with Crippen molar-refractivity contribution in [3.63, 3.8) is 0 Å². The first kappa shape index (κ1) is 31.3. The summed E-state index contributed by atoms with van der Waals surface area (Å²) in [5.74, 6) is 1.42. The molecule has 0 unspecified atom stereocenters. The largest absolute Gasteiger partial charge is 0.383 e. The van der Waals surface area contributed by atoms with Gasteiger partial charge >= 0.3 is 0 Å².